The molecule has 2 nitrogen and oxygen atoms in total. The first-order chi connectivity index (χ1) is 5.74. The van der Waals surface area contributed by atoms with Gasteiger partial charge in [-0.2, -0.15) is 0 Å². The van der Waals surface area contributed by atoms with Gasteiger partial charge in [0.2, 0.25) is 0 Å². The van der Waals surface area contributed by atoms with Crippen LogP contribution in [0.5, 0.6) is 0 Å². The van der Waals surface area contributed by atoms with Crippen LogP contribution in [0.2, 0.25) is 0 Å². The van der Waals surface area contributed by atoms with E-state index >= 15 is 0 Å². The molecular formula is C10H21NO. The van der Waals surface area contributed by atoms with Crippen molar-refractivity contribution in [3.63, 3.8) is 0 Å². The summed E-state index contributed by atoms with van der Waals surface area (Å²) in [7, 11) is 0. The summed E-state index contributed by atoms with van der Waals surface area (Å²) in [5.74, 6) is 1.67. The SMILES string of the molecule is CC1CCC(NCCO)C(C)C1. The average molecular weight is 171 g/mol. The predicted octanol–water partition coefficient (Wildman–Crippen LogP) is 1.39. The third-order valence-electron chi connectivity index (χ3n) is 2.95. The van der Waals surface area contributed by atoms with Gasteiger partial charge in [0.1, 0.15) is 0 Å². The molecule has 1 saturated carbocycles. The van der Waals surface area contributed by atoms with Gasteiger partial charge >= 0.3 is 0 Å². The van der Waals surface area contributed by atoms with Gasteiger partial charge in [0, 0.05) is 12.6 Å². The zero-order valence-electron chi connectivity index (χ0n) is 8.21. The van der Waals surface area contributed by atoms with Crippen LogP contribution in [0.25, 0.3) is 0 Å². The van der Waals surface area contributed by atoms with Gasteiger partial charge in [-0.3, -0.25) is 0 Å². The van der Waals surface area contributed by atoms with Gasteiger partial charge < -0.3 is 10.4 Å². The van der Waals surface area contributed by atoms with Gasteiger partial charge in [-0.1, -0.05) is 13.8 Å². The Morgan fingerprint density at radius 1 is 1.33 bits per heavy atom. The lowest BCUT2D eigenvalue weighted by molar-refractivity contribution is 0.210. The van der Waals surface area contributed by atoms with E-state index in [2.05, 4.69) is 19.2 Å². The first kappa shape index (κ1) is 10.0. The molecule has 0 saturated heterocycles. The van der Waals surface area contributed by atoms with Crippen LogP contribution in [0.4, 0.5) is 0 Å². The maximum atomic E-state index is 8.67. The summed E-state index contributed by atoms with van der Waals surface area (Å²) in [5, 5.41) is 12.1. The van der Waals surface area contributed by atoms with E-state index in [0.29, 0.717) is 6.04 Å². The van der Waals surface area contributed by atoms with E-state index in [1.807, 2.05) is 0 Å². The minimum atomic E-state index is 0.263. The van der Waals surface area contributed by atoms with Crippen LogP contribution >= 0.6 is 0 Å². The van der Waals surface area contributed by atoms with Crippen molar-refractivity contribution in [2.75, 3.05) is 13.2 Å². The Bertz CT molecular complexity index is 125. The monoisotopic (exact) mass is 171 g/mol. The highest BCUT2D eigenvalue weighted by molar-refractivity contribution is 4.80. The van der Waals surface area contributed by atoms with Crippen molar-refractivity contribution in [1.82, 2.24) is 5.32 Å². The Labute approximate surface area is 75.4 Å². The fourth-order valence-electron chi connectivity index (χ4n) is 2.22. The molecule has 1 fully saturated rings. The van der Waals surface area contributed by atoms with Gasteiger partial charge in [0.05, 0.1) is 6.61 Å². The first-order valence-electron chi connectivity index (χ1n) is 5.08. The van der Waals surface area contributed by atoms with Gasteiger partial charge in [-0.25, -0.2) is 0 Å². The molecule has 1 aliphatic carbocycles. The molecule has 3 atom stereocenters. The Kier molecular flexibility index (Phi) is 4.02. The summed E-state index contributed by atoms with van der Waals surface area (Å²) in [6.45, 7) is 5.66. The summed E-state index contributed by atoms with van der Waals surface area (Å²) in [4.78, 5) is 0. The molecule has 1 aliphatic rings. The molecular weight excluding hydrogens is 150 g/mol. The van der Waals surface area contributed by atoms with Crippen LogP contribution in [0.15, 0.2) is 0 Å². The van der Waals surface area contributed by atoms with Gasteiger partial charge in [0.15, 0.2) is 0 Å². The molecule has 2 N–H and O–H groups in total. The molecule has 0 bridgehead atoms. The fourth-order valence-corrected chi connectivity index (χ4v) is 2.22. The summed E-state index contributed by atoms with van der Waals surface area (Å²) in [6.07, 6.45) is 3.96. The number of hydrogen-bond acceptors (Lipinski definition) is 2. The van der Waals surface area contributed by atoms with Crippen LogP contribution in [0.1, 0.15) is 33.1 Å². The number of nitrogens with one attached hydrogen (secondary N) is 1. The normalized spacial score (nSPS) is 36.8. The Balaban J connectivity index is 2.25. The van der Waals surface area contributed by atoms with E-state index < -0.39 is 0 Å². The third-order valence-corrected chi connectivity index (χ3v) is 2.95. The maximum Gasteiger partial charge on any atom is 0.0556 e. The van der Waals surface area contributed by atoms with Crippen molar-refractivity contribution in [3.8, 4) is 0 Å². The van der Waals surface area contributed by atoms with Crippen molar-refractivity contribution in [1.29, 1.82) is 0 Å². The summed E-state index contributed by atoms with van der Waals surface area (Å²) < 4.78 is 0. The average Bonchev–Trinajstić information content (AvgIpc) is 2.03. The van der Waals surface area contributed by atoms with Gasteiger partial charge in [0.25, 0.3) is 0 Å². The largest absolute Gasteiger partial charge is 0.395 e. The lowest BCUT2D eigenvalue weighted by atomic mass is 9.80. The van der Waals surface area contributed by atoms with Gasteiger partial charge in [-0.05, 0) is 31.1 Å². The summed E-state index contributed by atoms with van der Waals surface area (Å²) in [5.41, 5.74) is 0. The van der Waals surface area contributed by atoms with Crippen molar-refractivity contribution in [2.45, 2.75) is 39.2 Å². The van der Waals surface area contributed by atoms with E-state index in [-0.39, 0.29) is 6.61 Å². The predicted molar refractivity (Wildman–Crippen MR) is 51.1 cm³/mol. The van der Waals surface area contributed by atoms with E-state index in [0.717, 1.165) is 18.4 Å². The molecule has 0 aromatic heterocycles. The van der Waals surface area contributed by atoms with Gasteiger partial charge in [-0.15, -0.1) is 0 Å². The first-order valence-corrected chi connectivity index (χ1v) is 5.08. The number of aliphatic hydroxyl groups is 1. The molecule has 12 heavy (non-hydrogen) atoms. The second-order valence-electron chi connectivity index (χ2n) is 4.18. The molecule has 0 aromatic carbocycles. The molecule has 72 valence electrons. The molecule has 2 heteroatoms. The number of aliphatic hydroxyl groups excluding tert-OH is 1. The van der Waals surface area contributed by atoms with Crippen molar-refractivity contribution < 1.29 is 5.11 Å². The molecule has 0 aliphatic heterocycles. The summed E-state index contributed by atoms with van der Waals surface area (Å²) in [6, 6.07) is 0.647. The topological polar surface area (TPSA) is 32.3 Å². The van der Waals surface area contributed by atoms with E-state index in [1.165, 1.54) is 19.3 Å². The van der Waals surface area contributed by atoms with Crippen LogP contribution in [-0.2, 0) is 0 Å². The molecule has 0 spiro atoms. The minimum Gasteiger partial charge on any atom is -0.395 e. The Morgan fingerprint density at radius 3 is 2.67 bits per heavy atom. The Morgan fingerprint density at radius 2 is 2.08 bits per heavy atom. The second-order valence-corrected chi connectivity index (χ2v) is 4.18. The smallest absolute Gasteiger partial charge is 0.0556 e. The zero-order valence-corrected chi connectivity index (χ0v) is 8.21. The summed E-state index contributed by atoms with van der Waals surface area (Å²) >= 11 is 0. The lowest BCUT2D eigenvalue weighted by Gasteiger charge is -2.33. The highest BCUT2D eigenvalue weighted by Crippen LogP contribution is 2.28. The molecule has 3 unspecified atom stereocenters. The molecule has 0 aromatic rings. The Hall–Kier alpha value is -0.0800. The fraction of sp³-hybridized carbons (Fsp3) is 1.00. The van der Waals surface area contributed by atoms with Crippen molar-refractivity contribution in [2.24, 2.45) is 11.8 Å². The van der Waals surface area contributed by atoms with Crippen molar-refractivity contribution in [3.05, 3.63) is 0 Å². The van der Waals surface area contributed by atoms with Crippen LogP contribution < -0.4 is 5.32 Å². The van der Waals surface area contributed by atoms with Crippen LogP contribution in [0.3, 0.4) is 0 Å². The highest BCUT2D eigenvalue weighted by Gasteiger charge is 2.24. The second kappa shape index (κ2) is 4.83. The highest BCUT2D eigenvalue weighted by atomic mass is 16.3. The zero-order chi connectivity index (χ0) is 8.97. The standard InChI is InChI=1S/C10H21NO/c1-8-3-4-10(9(2)7-8)11-5-6-12/h8-12H,3-7H2,1-2H3. The molecule has 0 amide bonds. The number of hydrogen-bond donors (Lipinski definition) is 2. The van der Waals surface area contributed by atoms with Crippen LogP contribution in [0, 0.1) is 11.8 Å². The maximum absolute atomic E-state index is 8.67. The van der Waals surface area contributed by atoms with E-state index in [9.17, 15) is 0 Å². The van der Waals surface area contributed by atoms with E-state index in [1.54, 1.807) is 0 Å². The molecule has 1 rings (SSSR count). The molecule has 0 heterocycles. The third kappa shape index (κ3) is 2.76. The molecule has 0 radical (unpaired) electrons. The lowest BCUT2D eigenvalue weighted by Crippen LogP contribution is -2.40. The van der Waals surface area contributed by atoms with Crippen LogP contribution in [-0.4, -0.2) is 24.3 Å². The number of rotatable bonds is 3. The minimum absolute atomic E-state index is 0.263. The van der Waals surface area contributed by atoms with Crippen molar-refractivity contribution >= 4 is 0 Å². The van der Waals surface area contributed by atoms with E-state index in [4.69, 9.17) is 5.11 Å². The quantitative estimate of drug-likeness (QED) is 0.672.